The lowest BCUT2D eigenvalue weighted by atomic mass is 9.70. The lowest BCUT2D eigenvalue weighted by molar-refractivity contribution is -0.133. The number of hydrogen-bond acceptors (Lipinski definition) is 2. The van der Waals surface area contributed by atoms with E-state index in [1.807, 2.05) is 0 Å². The summed E-state index contributed by atoms with van der Waals surface area (Å²) in [5.74, 6) is 0.967. The van der Waals surface area contributed by atoms with Crippen molar-refractivity contribution < 1.29 is 4.79 Å². The molecule has 0 bridgehead atoms. The molecule has 0 aromatic carbocycles. The Morgan fingerprint density at radius 2 is 1.79 bits per heavy atom. The highest BCUT2D eigenvalue weighted by Gasteiger charge is 2.40. The van der Waals surface area contributed by atoms with Gasteiger partial charge in [-0.1, -0.05) is 26.7 Å². The molecule has 2 aliphatic carbocycles. The summed E-state index contributed by atoms with van der Waals surface area (Å²) in [6, 6.07) is 0. The molecular weight excluding hydrogens is 236 g/mol. The fourth-order valence-corrected chi connectivity index (χ4v) is 3.73. The first-order valence-electron chi connectivity index (χ1n) is 7.98. The molecule has 0 radical (unpaired) electrons. The average Bonchev–Trinajstić information content (AvgIpc) is 2.85. The fraction of sp³-hybridized carbons (Fsp3) is 0.938. The maximum absolute atomic E-state index is 12.6. The Morgan fingerprint density at radius 1 is 1.21 bits per heavy atom. The molecule has 0 atom stereocenters. The van der Waals surface area contributed by atoms with Crippen LogP contribution in [0.2, 0.25) is 0 Å². The second kappa shape index (κ2) is 5.82. The Kier molecular flexibility index (Phi) is 4.54. The van der Waals surface area contributed by atoms with E-state index in [-0.39, 0.29) is 11.3 Å². The van der Waals surface area contributed by atoms with Gasteiger partial charge in [0, 0.05) is 13.1 Å². The molecule has 2 saturated carbocycles. The first kappa shape index (κ1) is 14.8. The molecule has 19 heavy (non-hydrogen) atoms. The van der Waals surface area contributed by atoms with Crippen molar-refractivity contribution in [3.8, 4) is 0 Å². The third kappa shape index (κ3) is 3.31. The topological polar surface area (TPSA) is 55.1 Å². The van der Waals surface area contributed by atoms with Gasteiger partial charge in [-0.25, -0.2) is 0 Å². The van der Waals surface area contributed by atoms with E-state index in [4.69, 9.17) is 5.73 Å². The van der Waals surface area contributed by atoms with Gasteiger partial charge in [-0.3, -0.25) is 4.79 Å². The third-order valence-electron chi connectivity index (χ3n) is 5.59. The molecule has 3 heteroatoms. The van der Waals surface area contributed by atoms with E-state index in [0.717, 1.165) is 38.1 Å². The molecule has 2 fully saturated rings. The van der Waals surface area contributed by atoms with E-state index in [9.17, 15) is 4.79 Å². The van der Waals surface area contributed by atoms with E-state index < -0.39 is 0 Å². The highest BCUT2D eigenvalue weighted by Crippen LogP contribution is 2.40. The normalized spacial score (nSPS) is 34.2. The molecule has 0 aliphatic heterocycles. The van der Waals surface area contributed by atoms with Crippen molar-refractivity contribution in [3.05, 3.63) is 0 Å². The summed E-state index contributed by atoms with van der Waals surface area (Å²) in [7, 11) is 0. The second-order valence-corrected chi connectivity index (χ2v) is 7.37. The van der Waals surface area contributed by atoms with Crippen LogP contribution >= 0.6 is 0 Å². The molecule has 3 N–H and O–H groups in total. The molecule has 3 nitrogen and oxygen atoms in total. The lowest BCUT2D eigenvalue weighted by Crippen LogP contribution is -2.49. The first-order chi connectivity index (χ1) is 9.00. The zero-order valence-electron chi connectivity index (χ0n) is 12.6. The minimum Gasteiger partial charge on any atom is -0.355 e. The van der Waals surface area contributed by atoms with E-state index in [1.165, 1.54) is 25.7 Å². The van der Waals surface area contributed by atoms with Crippen molar-refractivity contribution in [2.45, 2.75) is 65.2 Å². The predicted octanol–water partition coefficient (Wildman–Crippen LogP) is 2.84. The standard InChI is InChI=1S/C16H30N2O/c1-13-5-9-16(11-17,10-6-13)14(19)18-12-15(2)7-3-4-8-15/h13H,3-12,17H2,1-2H3,(H,18,19). The number of nitrogens with two attached hydrogens (primary N) is 1. The van der Waals surface area contributed by atoms with Gasteiger partial charge in [-0.15, -0.1) is 0 Å². The Bertz CT molecular complexity index is 313. The summed E-state index contributed by atoms with van der Waals surface area (Å²) in [5, 5.41) is 3.22. The number of nitrogens with one attached hydrogen (secondary N) is 1. The van der Waals surface area contributed by atoms with Gasteiger partial charge in [0.1, 0.15) is 0 Å². The molecular formula is C16H30N2O. The SMILES string of the molecule is CC1CCC(CN)(C(=O)NCC2(C)CCCC2)CC1. The maximum atomic E-state index is 12.6. The number of amides is 1. The zero-order valence-corrected chi connectivity index (χ0v) is 12.6. The Hall–Kier alpha value is -0.570. The van der Waals surface area contributed by atoms with Crippen LogP contribution in [0.4, 0.5) is 0 Å². The Morgan fingerprint density at radius 3 is 2.32 bits per heavy atom. The first-order valence-corrected chi connectivity index (χ1v) is 7.98. The molecule has 0 spiro atoms. The highest BCUT2D eigenvalue weighted by molar-refractivity contribution is 5.83. The summed E-state index contributed by atoms with van der Waals surface area (Å²) >= 11 is 0. The van der Waals surface area contributed by atoms with Crippen LogP contribution in [0.3, 0.4) is 0 Å². The summed E-state index contributed by atoms with van der Waals surface area (Å²) in [4.78, 5) is 12.6. The summed E-state index contributed by atoms with van der Waals surface area (Å²) in [5.41, 5.74) is 5.99. The monoisotopic (exact) mass is 266 g/mol. The molecule has 110 valence electrons. The molecule has 2 rings (SSSR count). The fourth-order valence-electron chi connectivity index (χ4n) is 3.73. The molecule has 0 aromatic rings. The van der Waals surface area contributed by atoms with Crippen LogP contribution in [-0.4, -0.2) is 19.0 Å². The van der Waals surface area contributed by atoms with Crippen molar-refractivity contribution >= 4 is 5.91 Å². The van der Waals surface area contributed by atoms with Gasteiger partial charge in [0.15, 0.2) is 0 Å². The van der Waals surface area contributed by atoms with Gasteiger partial charge in [0.05, 0.1) is 5.41 Å². The summed E-state index contributed by atoms with van der Waals surface area (Å²) < 4.78 is 0. The summed E-state index contributed by atoms with van der Waals surface area (Å²) in [6.07, 6.45) is 9.34. The minimum atomic E-state index is -0.276. The number of carbonyl (C=O) groups is 1. The van der Waals surface area contributed by atoms with Crippen molar-refractivity contribution in [3.63, 3.8) is 0 Å². The van der Waals surface area contributed by atoms with Gasteiger partial charge in [-0.2, -0.15) is 0 Å². The van der Waals surface area contributed by atoms with Crippen molar-refractivity contribution in [1.82, 2.24) is 5.32 Å². The molecule has 0 heterocycles. The smallest absolute Gasteiger partial charge is 0.227 e. The van der Waals surface area contributed by atoms with E-state index in [1.54, 1.807) is 0 Å². The van der Waals surface area contributed by atoms with E-state index in [0.29, 0.717) is 12.0 Å². The van der Waals surface area contributed by atoms with Crippen molar-refractivity contribution in [2.75, 3.05) is 13.1 Å². The van der Waals surface area contributed by atoms with Crippen LogP contribution in [0.25, 0.3) is 0 Å². The van der Waals surface area contributed by atoms with Gasteiger partial charge >= 0.3 is 0 Å². The molecule has 0 aromatic heterocycles. The van der Waals surface area contributed by atoms with Gasteiger partial charge in [-0.05, 0) is 49.9 Å². The third-order valence-corrected chi connectivity index (χ3v) is 5.59. The number of carbonyl (C=O) groups excluding carboxylic acids is 1. The average molecular weight is 266 g/mol. The van der Waals surface area contributed by atoms with E-state index in [2.05, 4.69) is 19.2 Å². The van der Waals surface area contributed by atoms with Gasteiger partial charge < -0.3 is 11.1 Å². The lowest BCUT2D eigenvalue weighted by Gasteiger charge is -2.38. The zero-order chi connectivity index (χ0) is 13.9. The Balaban J connectivity index is 1.90. The van der Waals surface area contributed by atoms with Crippen LogP contribution in [0.15, 0.2) is 0 Å². The quantitative estimate of drug-likeness (QED) is 0.822. The van der Waals surface area contributed by atoms with Crippen LogP contribution in [-0.2, 0) is 4.79 Å². The van der Waals surface area contributed by atoms with Crippen molar-refractivity contribution in [2.24, 2.45) is 22.5 Å². The maximum Gasteiger partial charge on any atom is 0.227 e. The van der Waals surface area contributed by atoms with Crippen LogP contribution < -0.4 is 11.1 Å². The minimum absolute atomic E-state index is 0.218. The predicted molar refractivity (Wildman–Crippen MR) is 78.7 cm³/mol. The van der Waals surface area contributed by atoms with Crippen LogP contribution in [0.5, 0.6) is 0 Å². The molecule has 0 unspecified atom stereocenters. The molecule has 2 aliphatic rings. The number of rotatable bonds is 4. The van der Waals surface area contributed by atoms with Crippen LogP contribution in [0.1, 0.15) is 65.2 Å². The van der Waals surface area contributed by atoms with E-state index >= 15 is 0 Å². The number of hydrogen-bond donors (Lipinski definition) is 2. The van der Waals surface area contributed by atoms with Gasteiger partial charge in [0.25, 0.3) is 0 Å². The Labute approximate surface area is 117 Å². The van der Waals surface area contributed by atoms with Crippen LogP contribution in [0, 0.1) is 16.7 Å². The largest absolute Gasteiger partial charge is 0.355 e. The highest BCUT2D eigenvalue weighted by atomic mass is 16.2. The second-order valence-electron chi connectivity index (χ2n) is 7.37. The summed E-state index contributed by atoms with van der Waals surface area (Å²) in [6.45, 7) is 5.92. The van der Waals surface area contributed by atoms with Crippen molar-refractivity contribution in [1.29, 1.82) is 0 Å². The molecule has 1 amide bonds. The van der Waals surface area contributed by atoms with Gasteiger partial charge in [0.2, 0.25) is 5.91 Å². The molecule has 0 saturated heterocycles.